The zero-order valence-corrected chi connectivity index (χ0v) is 9.65. The quantitative estimate of drug-likeness (QED) is 0.714. The van der Waals surface area contributed by atoms with Crippen LogP contribution in [0.1, 0.15) is 40.0 Å². The molecule has 0 rings (SSSR count). The third kappa shape index (κ3) is 6.05. The summed E-state index contributed by atoms with van der Waals surface area (Å²) in [5.41, 5.74) is 5.52. The summed E-state index contributed by atoms with van der Waals surface area (Å²) >= 11 is 0. The Hall–Kier alpha value is -0.0900. The lowest BCUT2D eigenvalue weighted by Gasteiger charge is -2.22. The molecule has 0 bridgehead atoms. The van der Waals surface area contributed by atoms with Crippen LogP contribution in [0.4, 0.5) is 0 Å². The number of sulfone groups is 1. The molecule has 0 aromatic carbocycles. The molecule has 0 fully saturated rings. The molecule has 0 saturated carbocycles. The van der Waals surface area contributed by atoms with Gasteiger partial charge in [0.25, 0.3) is 0 Å². The molecule has 0 aliphatic heterocycles. The molecule has 0 radical (unpaired) electrons. The van der Waals surface area contributed by atoms with E-state index in [4.69, 9.17) is 5.73 Å². The van der Waals surface area contributed by atoms with E-state index in [9.17, 15) is 8.42 Å². The number of nitrogens with two attached hydrogens (primary N) is 1. The van der Waals surface area contributed by atoms with E-state index in [1.165, 1.54) is 0 Å². The van der Waals surface area contributed by atoms with Crippen molar-refractivity contribution in [1.82, 2.24) is 0 Å². The molecule has 0 aromatic heterocycles. The highest BCUT2D eigenvalue weighted by molar-refractivity contribution is 7.91. The van der Waals surface area contributed by atoms with E-state index < -0.39 is 9.84 Å². The van der Waals surface area contributed by atoms with Crippen molar-refractivity contribution < 1.29 is 8.42 Å². The van der Waals surface area contributed by atoms with Crippen LogP contribution in [0.15, 0.2) is 0 Å². The summed E-state index contributed by atoms with van der Waals surface area (Å²) in [6, 6.07) is 0. The van der Waals surface area contributed by atoms with E-state index >= 15 is 0 Å². The van der Waals surface area contributed by atoms with E-state index in [0.717, 1.165) is 6.42 Å². The molecular weight excluding hydrogens is 186 g/mol. The second-order valence-corrected chi connectivity index (χ2v) is 6.21. The second kappa shape index (κ2) is 4.96. The Kier molecular flexibility index (Phi) is 4.92. The van der Waals surface area contributed by atoms with Gasteiger partial charge in [0.2, 0.25) is 0 Å². The van der Waals surface area contributed by atoms with Crippen LogP contribution in [0.3, 0.4) is 0 Å². The minimum absolute atomic E-state index is 0.224. The van der Waals surface area contributed by atoms with Crippen LogP contribution in [-0.2, 0) is 9.84 Å². The molecule has 0 amide bonds. The number of hydrogen-bond donors (Lipinski definition) is 1. The Morgan fingerprint density at radius 2 is 1.77 bits per heavy atom. The second-order valence-electron chi connectivity index (χ2n) is 3.91. The van der Waals surface area contributed by atoms with Crippen molar-refractivity contribution in [2.75, 3.05) is 11.5 Å². The fraction of sp³-hybridized carbons (Fsp3) is 1.00. The van der Waals surface area contributed by atoms with Gasteiger partial charge in [0.05, 0.1) is 5.75 Å². The van der Waals surface area contributed by atoms with Gasteiger partial charge in [-0.25, -0.2) is 8.42 Å². The van der Waals surface area contributed by atoms with Crippen LogP contribution in [0, 0.1) is 0 Å². The maximum absolute atomic E-state index is 11.3. The summed E-state index contributed by atoms with van der Waals surface area (Å²) in [6.45, 7) is 5.75. The number of rotatable bonds is 6. The molecule has 13 heavy (non-hydrogen) atoms. The summed E-state index contributed by atoms with van der Waals surface area (Å²) in [6.07, 6.45) is 2.07. The molecule has 2 N–H and O–H groups in total. The first-order valence-corrected chi connectivity index (χ1v) is 6.64. The smallest absolute Gasteiger partial charge is 0.150 e. The summed E-state index contributed by atoms with van der Waals surface area (Å²) in [5.74, 6) is 0.508. The third-order valence-electron chi connectivity index (χ3n) is 2.31. The van der Waals surface area contributed by atoms with Gasteiger partial charge in [-0.05, 0) is 26.2 Å². The number of hydrogen-bond acceptors (Lipinski definition) is 3. The van der Waals surface area contributed by atoms with Crippen LogP contribution in [-0.4, -0.2) is 25.5 Å². The van der Waals surface area contributed by atoms with Gasteiger partial charge >= 0.3 is 0 Å². The minimum Gasteiger partial charge on any atom is -0.325 e. The first-order valence-electron chi connectivity index (χ1n) is 4.82. The SMILES string of the molecule is CCCS(=O)(=O)CCC(C)(N)CC. The average molecular weight is 207 g/mol. The van der Waals surface area contributed by atoms with Gasteiger partial charge in [0.15, 0.2) is 0 Å². The average Bonchev–Trinajstić information content (AvgIpc) is 2.02. The molecule has 1 atom stereocenters. The monoisotopic (exact) mass is 207 g/mol. The summed E-state index contributed by atoms with van der Waals surface area (Å²) in [7, 11) is -2.85. The maximum atomic E-state index is 11.3. The Labute approximate surface area is 81.6 Å². The molecule has 0 spiro atoms. The van der Waals surface area contributed by atoms with Crippen LogP contribution >= 0.6 is 0 Å². The van der Waals surface area contributed by atoms with Crippen molar-refractivity contribution in [3.05, 3.63) is 0 Å². The zero-order chi connectivity index (χ0) is 10.5. The zero-order valence-electron chi connectivity index (χ0n) is 8.84. The minimum atomic E-state index is -2.85. The predicted molar refractivity (Wildman–Crippen MR) is 56.4 cm³/mol. The van der Waals surface area contributed by atoms with E-state index in [2.05, 4.69) is 0 Å². The van der Waals surface area contributed by atoms with Gasteiger partial charge in [-0.1, -0.05) is 13.8 Å². The maximum Gasteiger partial charge on any atom is 0.150 e. The molecule has 0 aliphatic carbocycles. The van der Waals surface area contributed by atoms with Gasteiger partial charge in [0.1, 0.15) is 9.84 Å². The predicted octanol–water partition coefficient (Wildman–Crippen LogP) is 1.33. The molecule has 1 unspecified atom stereocenters. The fourth-order valence-electron chi connectivity index (χ4n) is 0.979. The highest BCUT2D eigenvalue weighted by Crippen LogP contribution is 2.12. The highest BCUT2D eigenvalue weighted by atomic mass is 32.2. The van der Waals surface area contributed by atoms with Gasteiger partial charge in [-0.3, -0.25) is 0 Å². The van der Waals surface area contributed by atoms with Crippen molar-refractivity contribution in [1.29, 1.82) is 0 Å². The van der Waals surface area contributed by atoms with E-state index in [1.807, 2.05) is 20.8 Å². The summed E-state index contributed by atoms with van der Waals surface area (Å²) < 4.78 is 22.7. The lowest BCUT2D eigenvalue weighted by Crippen LogP contribution is -2.37. The Morgan fingerprint density at radius 3 is 2.15 bits per heavy atom. The van der Waals surface area contributed by atoms with Crippen molar-refractivity contribution >= 4 is 9.84 Å². The summed E-state index contributed by atoms with van der Waals surface area (Å²) in [4.78, 5) is 0. The Morgan fingerprint density at radius 1 is 1.23 bits per heavy atom. The molecule has 4 heteroatoms. The van der Waals surface area contributed by atoms with Crippen LogP contribution in [0.25, 0.3) is 0 Å². The Balaban J connectivity index is 4.02. The molecule has 0 saturated heterocycles. The van der Waals surface area contributed by atoms with E-state index in [-0.39, 0.29) is 17.0 Å². The van der Waals surface area contributed by atoms with Crippen molar-refractivity contribution in [3.63, 3.8) is 0 Å². The molecule has 3 nitrogen and oxygen atoms in total. The van der Waals surface area contributed by atoms with E-state index in [1.54, 1.807) is 0 Å². The normalized spacial score (nSPS) is 16.9. The third-order valence-corrected chi connectivity index (χ3v) is 4.16. The first-order chi connectivity index (χ1) is 5.83. The van der Waals surface area contributed by atoms with Gasteiger partial charge in [0, 0.05) is 11.3 Å². The molecule has 0 aliphatic rings. The standard InChI is InChI=1S/C9H21NO2S/c1-4-7-13(11,12)8-6-9(3,10)5-2/h4-8,10H2,1-3H3. The summed E-state index contributed by atoms with van der Waals surface area (Å²) in [5, 5.41) is 0. The Bertz CT molecular complexity index is 232. The first kappa shape index (κ1) is 12.9. The van der Waals surface area contributed by atoms with Crippen LogP contribution in [0.5, 0.6) is 0 Å². The van der Waals surface area contributed by atoms with Crippen molar-refractivity contribution in [2.45, 2.75) is 45.6 Å². The highest BCUT2D eigenvalue weighted by Gasteiger charge is 2.19. The molecule has 80 valence electrons. The molecular formula is C9H21NO2S. The van der Waals surface area contributed by atoms with Crippen molar-refractivity contribution in [2.24, 2.45) is 5.73 Å². The van der Waals surface area contributed by atoms with Gasteiger partial charge < -0.3 is 5.73 Å². The van der Waals surface area contributed by atoms with Gasteiger partial charge in [-0.2, -0.15) is 0 Å². The molecule has 0 heterocycles. The van der Waals surface area contributed by atoms with Crippen LogP contribution < -0.4 is 5.73 Å². The largest absolute Gasteiger partial charge is 0.325 e. The van der Waals surface area contributed by atoms with Crippen LogP contribution in [0.2, 0.25) is 0 Å². The van der Waals surface area contributed by atoms with Crippen molar-refractivity contribution in [3.8, 4) is 0 Å². The van der Waals surface area contributed by atoms with E-state index in [0.29, 0.717) is 12.8 Å². The topological polar surface area (TPSA) is 60.2 Å². The lowest BCUT2D eigenvalue weighted by molar-refractivity contribution is 0.436. The molecule has 0 aromatic rings. The lowest BCUT2D eigenvalue weighted by atomic mass is 9.98. The van der Waals surface area contributed by atoms with Gasteiger partial charge in [-0.15, -0.1) is 0 Å². The fourth-order valence-corrected chi connectivity index (χ4v) is 2.58.